The Labute approximate surface area is 113 Å². The maximum Gasteiger partial charge on any atom is 0.354 e. The molecule has 2 heterocycles. The Kier molecular flexibility index (Phi) is 3.72. The van der Waals surface area contributed by atoms with Crippen LogP contribution in [0.25, 0.3) is 0 Å². The minimum atomic E-state index is -1.17. The molecular formula is C12H8ClN3O3. The number of halogens is 1. The predicted molar refractivity (Wildman–Crippen MR) is 68.6 cm³/mol. The molecule has 0 atom stereocenters. The van der Waals surface area contributed by atoms with E-state index in [1.807, 2.05) is 0 Å². The largest absolute Gasteiger partial charge is 0.477 e. The van der Waals surface area contributed by atoms with Gasteiger partial charge >= 0.3 is 5.97 Å². The van der Waals surface area contributed by atoms with Gasteiger partial charge in [-0.1, -0.05) is 17.7 Å². The van der Waals surface area contributed by atoms with Crippen molar-refractivity contribution in [2.24, 2.45) is 0 Å². The zero-order valence-corrected chi connectivity index (χ0v) is 10.3. The van der Waals surface area contributed by atoms with Gasteiger partial charge in [0, 0.05) is 6.20 Å². The Bertz CT molecular complexity index is 616. The van der Waals surface area contributed by atoms with Crippen molar-refractivity contribution >= 4 is 35.6 Å². The summed E-state index contributed by atoms with van der Waals surface area (Å²) in [4.78, 5) is 30.9. The van der Waals surface area contributed by atoms with E-state index in [4.69, 9.17) is 16.7 Å². The van der Waals surface area contributed by atoms with Gasteiger partial charge in [-0.15, -0.1) is 0 Å². The lowest BCUT2D eigenvalue weighted by Crippen LogP contribution is -2.17. The minimum absolute atomic E-state index is 0.154. The second kappa shape index (κ2) is 5.45. The third-order valence-corrected chi connectivity index (χ3v) is 2.49. The summed E-state index contributed by atoms with van der Waals surface area (Å²) in [6.07, 6.45) is 1.89. The van der Waals surface area contributed by atoms with Crippen LogP contribution in [0.1, 0.15) is 10.5 Å². The zero-order chi connectivity index (χ0) is 13.8. The van der Waals surface area contributed by atoms with Crippen LogP contribution < -0.4 is 4.90 Å². The zero-order valence-electron chi connectivity index (χ0n) is 9.52. The van der Waals surface area contributed by atoms with Gasteiger partial charge in [-0.25, -0.2) is 14.8 Å². The Morgan fingerprint density at radius 3 is 2.63 bits per heavy atom. The molecule has 0 aliphatic carbocycles. The number of pyridine rings is 2. The lowest BCUT2D eigenvalue weighted by atomic mass is 10.3. The summed E-state index contributed by atoms with van der Waals surface area (Å²) >= 11 is 5.71. The molecule has 1 N–H and O–H groups in total. The lowest BCUT2D eigenvalue weighted by Gasteiger charge is -2.15. The van der Waals surface area contributed by atoms with E-state index < -0.39 is 5.97 Å². The molecule has 7 heteroatoms. The van der Waals surface area contributed by atoms with Gasteiger partial charge in [0.2, 0.25) is 6.41 Å². The first-order chi connectivity index (χ1) is 9.11. The Hall–Kier alpha value is -2.47. The second-order valence-electron chi connectivity index (χ2n) is 3.50. The number of carbonyl (C=O) groups excluding carboxylic acids is 1. The van der Waals surface area contributed by atoms with Gasteiger partial charge < -0.3 is 5.11 Å². The van der Waals surface area contributed by atoms with E-state index in [1.165, 1.54) is 30.5 Å². The molecular weight excluding hydrogens is 270 g/mol. The van der Waals surface area contributed by atoms with Gasteiger partial charge in [0.1, 0.15) is 11.6 Å². The number of rotatable bonds is 4. The summed E-state index contributed by atoms with van der Waals surface area (Å²) < 4.78 is 0. The summed E-state index contributed by atoms with van der Waals surface area (Å²) in [5, 5.41) is 9.30. The molecule has 0 aliphatic heterocycles. The molecule has 96 valence electrons. The van der Waals surface area contributed by atoms with Crippen molar-refractivity contribution in [3.63, 3.8) is 0 Å². The number of anilines is 2. The molecule has 2 aromatic rings. The standard InChI is InChI=1S/C12H8ClN3O3/c13-8-4-5-10(14-6-8)16(7-17)11-3-1-2-9(15-11)12(18)19/h1-7H,(H,18,19). The first kappa shape index (κ1) is 13.0. The molecule has 2 aromatic heterocycles. The highest BCUT2D eigenvalue weighted by Gasteiger charge is 2.13. The van der Waals surface area contributed by atoms with Crippen molar-refractivity contribution in [3.8, 4) is 0 Å². The molecule has 0 unspecified atom stereocenters. The maximum absolute atomic E-state index is 11.1. The topological polar surface area (TPSA) is 83.4 Å². The Morgan fingerprint density at radius 2 is 2.05 bits per heavy atom. The monoisotopic (exact) mass is 277 g/mol. The van der Waals surface area contributed by atoms with Crippen LogP contribution in [0.5, 0.6) is 0 Å². The number of carbonyl (C=O) groups is 2. The molecule has 6 nitrogen and oxygen atoms in total. The maximum atomic E-state index is 11.1. The van der Waals surface area contributed by atoms with E-state index >= 15 is 0 Å². The van der Waals surface area contributed by atoms with Crippen LogP contribution in [0, 0.1) is 0 Å². The van der Waals surface area contributed by atoms with E-state index in [0.29, 0.717) is 17.3 Å². The summed E-state index contributed by atoms with van der Waals surface area (Å²) in [6.45, 7) is 0. The Balaban J connectivity index is 2.42. The number of carboxylic acids is 1. The Morgan fingerprint density at radius 1 is 1.26 bits per heavy atom. The van der Waals surface area contributed by atoms with E-state index in [-0.39, 0.29) is 11.5 Å². The van der Waals surface area contributed by atoms with Crippen LogP contribution in [0.2, 0.25) is 5.02 Å². The highest BCUT2D eigenvalue weighted by Crippen LogP contribution is 2.21. The molecule has 0 bridgehead atoms. The summed E-state index contributed by atoms with van der Waals surface area (Å²) in [5.74, 6) is -0.698. The number of aromatic nitrogens is 2. The van der Waals surface area contributed by atoms with E-state index in [2.05, 4.69) is 9.97 Å². The van der Waals surface area contributed by atoms with Crippen molar-refractivity contribution in [1.82, 2.24) is 9.97 Å². The number of hydrogen-bond acceptors (Lipinski definition) is 4. The summed E-state index contributed by atoms with van der Waals surface area (Å²) in [7, 11) is 0. The molecule has 0 saturated heterocycles. The van der Waals surface area contributed by atoms with E-state index in [1.54, 1.807) is 6.07 Å². The fraction of sp³-hybridized carbons (Fsp3) is 0. The molecule has 0 aromatic carbocycles. The van der Waals surface area contributed by atoms with Gasteiger partial charge in [0.05, 0.1) is 5.02 Å². The molecule has 0 spiro atoms. The number of hydrogen-bond donors (Lipinski definition) is 1. The summed E-state index contributed by atoms with van der Waals surface area (Å²) in [6, 6.07) is 7.45. The summed E-state index contributed by atoms with van der Waals surface area (Å²) in [5.41, 5.74) is -0.154. The third kappa shape index (κ3) is 2.86. The lowest BCUT2D eigenvalue weighted by molar-refractivity contribution is -0.106. The normalized spacial score (nSPS) is 9.95. The average molecular weight is 278 g/mol. The second-order valence-corrected chi connectivity index (χ2v) is 3.93. The predicted octanol–water partition coefficient (Wildman–Crippen LogP) is 2.12. The van der Waals surface area contributed by atoms with Crippen LogP contribution in [0.15, 0.2) is 36.5 Å². The van der Waals surface area contributed by atoms with Crippen LogP contribution in [-0.4, -0.2) is 27.5 Å². The van der Waals surface area contributed by atoms with Gasteiger partial charge in [0.25, 0.3) is 0 Å². The van der Waals surface area contributed by atoms with E-state index in [0.717, 1.165) is 4.90 Å². The minimum Gasteiger partial charge on any atom is -0.477 e. The molecule has 1 amide bonds. The fourth-order valence-electron chi connectivity index (χ4n) is 1.41. The molecule has 0 aliphatic rings. The molecule has 2 rings (SSSR count). The average Bonchev–Trinajstić information content (AvgIpc) is 2.42. The SMILES string of the molecule is O=CN(c1ccc(Cl)cn1)c1cccc(C(=O)O)n1. The molecule has 19 heavy (non-hydrogen) atoms. The highest BCUT2D eigenvalue weighted by molar-refractivity contribution is 6.30. The van der Waals surface area contributed by atoms with E-state index in [9.17, 15) is 9.59 Å². The third-order valence-electron chi connectivity index (χ3n) is 2.26. The molecule has 0 saturated carbocycles. The van der Waals surface area contributed by atoms with Crippen LogP contribution in [-0.2, 0) is 4.79 Å². The van der Waals surface area contributed by atoms with Crippen molar-refractivity contribution in [3.05, 3.63) is 47.2 Å². The first-order valence-electron chi connectivity index (χ1n) is 5.18. The molecule has 0 fully saturated rings. The van der Waals surface area contributed by atoms with Crippen molar-refractivity contribution in [2.45, 2.75) is 0 Å². The number of carboxylic acid groups (broad SMARTS) is 1. The quantitative estimate of drug-likeness (QED) is 0.866. The van der Waals surface area contributed by atoms with Crippen molar-refractivity contribution < 1.29 is 14.7 Å². The van der Waals surface area contributed by atoms with Crippen LogP contribution >= 0.6 is 11.6 Å². The van der Waals surface area contributed by atoms with Gasteiger partial charge in [0.15, 0.2) is 5.69 Å². The van der Waals surface area contributed by atoms with Gasteiger partial charge in [-0.05, 0) is 24.3 Å². The first-order valence-corrected chi connectivity index (χ1v) is 5.56. The van der Waals surface area contributed by atoms with Crippen molar-refractivity contribution in [2.75, 3.05) is 4.90 Å². The van der Waals surface area contributed by atoms with Crippen LogP contribution in [0.3, 0.4) is 0 Å². The number of nitrogens with zero attached hydrogens (tertiary/aromatic N) is 3. The van der Waals surface area contributed by atoms with Gasteiger partial charge in [-0.2, -0.15) is 0 Å². The molecule has 0 radical (unpaired) electrons. The fourth-order valence-corrected chi connectivity index (χ4v) is 1.52. The van der Waals surface area contributed by atoms with Crippen molar-refractivity contribution in [1.29, 1.82) is 0 Å². The number of amides is 1. The van der Waals surface area contributed by atoms with Gasteiger partial charge in [-0.3, -0.25) is 9.69 Å². The smallest absolute Gasteiger partial charge is 0.354 e. The van der Waals surface area contributed by atoms with Crippen LogP contribution in [0.4, 0.5) is 11.6 Å². The number of aromatic carboxylic acids is 1. The highest BCUT2D eigenvalue weighted by atomic mass is 35.5.